The van der Waals surface area contributed by atoms with Crippen LogP contribution in [0.5, 0.6) is 0 Å². The minimum absolute atomic E-state index is 0.309. The summed E-state index contributed by atoms with van der Waals surface area (Å²) in [4.78, 5) is 5.33. The van der Waals surface area contributed by atoms with Gasteiger partial charge in [0.1, 0.15) is 0 Å². The highest BCUT2D eigenvalue weighted by molar-refractivity contribution is 9.10. The molecule has 0 unspecified atom stereocenters. The molecule has 0 aliphatic heterocycles. The number of benzene rings is 2. The Morgan fingerprint density at radius 2 is 1.31 bits per heavy atom. The molecule has 1 aromatic heterocycles. The fourth-order valence-electron chi connectivity index (χ4n) is 6.79. The van der Waals surface area contributed by atoms with Crippen molar-refractivity contribution in [3.8, 4) is 22.4 Å². The van der Waals surface area contributed by atoms with Gasteiger partial charge in [-0.3, -0.25) is 4.98 Å². The Labute approximate surface area is 181 Å². The van der Waals surface area contributed by atoms with Gasteiger partial charge >= 0.3 is 0 Å². The second-order valence-corrected chi connectivity index (χ2v) is 10.6. The molecule has 146 valence electrons. The predicted molar refractivity (Wildman–Crippen MR) is 123 cm³/mol. The maximum Gasteiger partial charge on any atom is 0.0711 e. The highest BCUT2D eigenvalue weighted by atomic mass is 79.9. The van der Waals surface area contributed by atoms with Gasteiger partial charge in [-0.1, -0.05) is 58.4 Å². The van der Waals surface area contributed by atoms with Crippen molar-refractivity contribution in [2.45, 2.75) is 43.9 Å². The van der Waals surface area contributed by atoms with E-state index >= 15 is 0 Å². The van der Waals surface area contributed by atoms with Gasteiger partial charge in [0, 0.05) is 21.1 Å². The van der Waals surface area contributed by atoms with Crippen molar-refractivity contribution in [2.24, 2.45) is 17.8 Å². The molecule has 4 bridgehead atoms. The molecule has 29 heavy (non-hydrogen) atoms. The highest BCUT2D eigenvalue weighted by Crippen LogP contribution is 2.60. The highest BCUT2D eigenvalue weighted by Gasteiger charge is 2.52. The van der Waals surface area contributed by atoms with Crippen molar-refractivity contribution >= 4 is 15.9 Å². The van der Waals surface area contributed by atoms with Crippen LogP contribution in [0.15, 0.2) is 71.2 Å². The maximum absolute atomic E-state index is 5.33. The molecule has 1 nitrogen and oxygen atoms in total. The van der Waals surface area contributed by atoms with Crippen LogP contribution in [0, 0.1) is 17.8 Å². The molecule has 7 rings (SSSR count). The summed E-state index contributed by atoms with van der Waals surface area (Å²) in [6.07, 6.45) is 8.46. The number of halogens is 1. The lowest BCUT2D eigenvalue weighted by atomic mass is 9.48. The van der Waals surface area contributed by atoms with E-state index in [1.54, 1.807) is 0 Å². The second-order valence-electron chi connectivity index (χ2n) is 9.70. The van der Waals surface area contributed by atoms with Gasteiger partial charge in [0.2, 0.25) is 0 Å². The van der Waals surface area contributed by atoms with Crippen molar-refractivity contribution in [2.75, 3.05) is 0 Å². The number of hydrogen-bond donors (Lipinski definition) is 0. The average Bonchev–Trinajstić information content (AvgIpc) is 2.74. The largest absolute Gasteiger partial charge is 0.252 e. The molecule has 0 radical (unpaired) electrons. The first-order valence-electron chi connectivity index (χ1n) is 11.0. The zero-order valence-corrected chi connectivity index (χ0v) is 18.2. The molecule has 2 aromatic carbocycles. The van der Waals surface area contributed by atoms with Crippen molar-refractivity contribution in [3.63, 3.8) is 0 Å². The Morgan fingerprint density at radius 1 is 0.690 bits per heavy atom. The monoisotopic (exact) mass is 443 g/mol. The standard InChI is InChI=1S/C27H26BrN/c28-24-8-6-22(7-9-24)25-13-23(21-4-2-1-3-5-21)14-26(29-25)27-15-18-10-19(16-27)12-20(11-18)17-27/h1-9,13-14,18-20H,10-12,15-17H2. The van der Waals surface area contributed by atoms with E-state index in [1.807, 2.05) is 0 Å². The Kier molecular flexibility index (Phi) is 4.20. The van der Waals surface area contributed by atoms with E-state index in [4.69, 9.17) is 4.98 Å². The summed E-state index contributed by atoms with van der Waals surface area (Å²) < 4.78 is 1.11. The summed E-state index contributed by atoms with van der Waals surface area (Å²) >= 11 is 3.57. The number of hydrogen-bond acceptors (Lipinski definition) is 1. The van der Waals surface area contributed by atoms with Crippen LogP contribution >= 0.6 is 15.9 Å². The van der Waals surface area contributed by atoms with Gasteiger partial charge in [-0.2, -0.15) is 0 Å². The van der Waals surface area contributed by atoms with Crippen LogP contribution in [0.4, 0.5) is 0 Å². The summed E-state index contributed by atoms with van der Waals surface area (Å²) in [7, 11) is 0. The smallest absolute Gasteiger partial charge is 0.0711 e. The SMILES string of the molecule is Brc1ccc(-c2cc(-c3ccccc3)cc(C34CC5CC(CC(C5)C3)C4)n2)cc1. The number of aromatic nitrogens is 1. The molecule has 4 aliphatic carbocycles. The Bertz CT molecular complexity index is 1000. The molecule has 4 saturated carbocycles. The molecule has 0 atom stereocenters. The normalized spacial score (nSPS) is 29.9. The first kappa shape index (κ1) is 17.9. The van der Waals surface area contributed by atoms with Crippen LogP contribution in [0.2, 0.25) is 0 Å². The summed E-state index contributed by atoms with van der Waals surface area (Å²) in [5.41, 5.74) is 6.59. The first-order valence-corrected chi connectivity index (χ1v) is 11.8. The third-order valence-electron chi connectivity index (χ3n) is 7.65. The van der Waals surface area contributed by atoms with Gasteiger partial charge in [0.15, 0.2) is 0 Å². The fourth-order valence-corrected chi connectivity index (χ4v) is 7.06. The zero-order chi connectivity index (χ0) is 19.4. The minimum Gasteiger partial charge on any atom is -0.252 e. The third-order valence-corrected chi connectivity index (χ3v) is 8.18. The molecular weight excluding hydrogens is 418 g/mol. The van der Waals surface area contributed by atoms with Gasteiger partial charge in [0.05, 0.1) is 5.69 Å². The predicted octanol–water partition coefficient (Wildman–Crippen LogP) is 7.65. The van der Waals surface area contributed by atoms with E-state index < -0.39 is 0 Å². The van der Waals surface area contributed by atoms with Gasteiger partial charge in [-0.25, -0.2) is 0 Å². The molecule has 0 spiro atoms. The summed E-state index contributed by atoms with van der Waals surface area (Å²) in [6.45, 7) is 0. The van der Waals surface area contributed by atoms with Crippen LogP contribution in [-0.2, 0) is 5.41 Å². The van der Waals surface area contributed by atoms with Gasteiger partial charge in [-0.05, 0) is 91.7 Å². The van der Waals surface area contributed by atoms with E-state index in [2.05, 4.69) is 82.7 Å². The Hall–Kier alpha value is -1.93. The lowest BCUT2D eigenvalue weighted by Gasteiger charge is -2.56. The lowest BCUT2D eigenvalue weighted by Crippen LogP contribution is -2.49. The van der Waals surface area contributed by atoms with E-state index in [1.165, 1.54) is 60.9 Å². The molecule has 0 N–H and O–H groups in total. The van der Waals surface area contributed by atoms with Crippen LogP contribution in [-0.4, -0.2) is 4.98 Å². The second kappa shape index (κ2) is 6.80. The van der Waals surface area contributed by atoms with Gasteiger partial charge in [-0.15, -0.1) is 0 Å². The first-order chi connectivity index (χ1) is 14.2. The molecule has 1 heterocycles. The Balaban J connectivity index is 1.51. The fraction of sp³-hybridized carbons (Fsp3) is 0.370. The number of nitrogens with zero attached hydrogens (tertiary/aromatic N) is 1. The zero-order valence-electron chi connectivity index (χ0n) is 16.7. The molecule has 3 aromatic rings. The maximum atomic E-state index is 5.33. The lowest BCUT2D eigenvalue weighted by molar-refractivity contribution is -0.00712. The minimum atomic E-state index is 0.309. The summed E-state index contributed by atoms with van der Waals surface area (Å²) in [5, 5.41) is 0. The van der Waals surface area contributed by atoms with E-state index in [0.29, 0.717) is 5.41 Å². The molecular formula is C27H26BrN. The third kappa shape index (κ3) is 3.17. The molecule has 4 fully saturated rings. The van der Waals surface area contributed by atoms with Crippen molar-refractivity contribution in [1.29, 1.82) is 0 Å². The van der Waals surface area contributed by atoms with E-state index in [-0.39, 0.29) is 0 Å². The number of rotatable bonds is 3. The topological polar surface area (TPSA) is 12.9 Å². The number of pyridine rings is 1. The molecule has 0 saturated heterocycles. The van der Waals surface area contributed by atoms with Crippen LogP contribution < -0.4 is 0 Å². The van der Waals surface area contributed by atoms with Crippen LogP contribution in [0.3, 0.4) is 0 Å². The van der Waals surface area contributed by atoms with Gasteiger partial charge < -0.3 is 0 Å². The molecule has 0 amide bonds. The van der Waals surface area contributed by atoms with Gasteiger partial charge in [0.25, 0.3) is 0 Å². The molecule has 4 aliphatic rings. The molecule has 2 heteroatoms. The average molecular weight is 444 g/mol. The van der Waals surface area contributed by atoms with Crippen molar-refractivity contribution < 1.29 is 0 Å². The summed E-state index contributed by atoms with van der Waals surface area (Å²) in [5.74, 6) is 2.79. The van der Waals surface area contributed by atoms with Crippen molar-refractivity contribution in [3.05, 3.63) is 76.9 Å². The van der Waals surface area contributed by atoms with E-state index in [9.17, 15) is 0 Å². The van der Waals surface area contributed by atoms with Crippen molar-refractivity contribution in [1.82, 2.24) is 4.98 Å². The Morgan fingerprint density at radius 3 is 1.93 bits per heavy atom. The van der Waals surface area contributed by atoms with E-state index in [0.717, 1.165) is 27.9 Å². The van der Waals surface area contributed by atoms with Crippen LogP contribution in [0.1, 0.15) is 44.2 Å². The quantitative estimate of drug-likeness (QED) is 0.404. The van der Waals surface area contributed by atoms with Crippen LogP contribution in [0.25, 0.3) is 22.4 Å². The summed E-state index contributed by atoms with van der Waals surface area (Å²) in [6, 6.07) is 24.1.